The molecule has 0 spiro atoms. The molecule has 0 aliphatic heterocycles. The Morgan fingerprint density at radius 3 is 2.86 bits per heavy atom. The molecule has 2 rings (SSSR count). The fraction of sp³-hybridized carbons (Fsp3) is 0.750. The molecular formula is C16H27N3O2. The third-order valence-electron chi connectivity index (χ3n) is 4.35. The number of nitrogens with one attached hydrogen (secondary N) is 1. The Kier molecular flexibility index (Phi) is 5.39. The Labute approximate surface area is 126 Å². The number of nitrogens with zero attached hydrogens (tertiary/aromatic N) is 2. The number of aryl methyl sites for hydroxylation is 2. The van der Waals surface area contributed by atoms with E-state index in [-0.39, 0.29) is 0 Å². The second kappa shape index (κ2) is 7.07. The summed E-state index contributed by atoms with van der Waals surface area (Å²) in [7, 11) is 0. The minimum absolute atomic E-state index is 0.407. The van der Waals surface area contributed by atoms with Gasteiger partial charge in [0.05, 0.1) is 0 Å². The predicted molar refractivity (Wildman–Crippen MR) is 82.3 cm³/mol. The maximum absolute atomic E-state index is 11.7. The Balaban J connectivity index is 1.91. The molecule has 1 atom stereocenters. The predicted octanol–water partition coefficient (Wildman–Crippen LogP) is 2.60. The zero-order chi connectivity index (χ0) is 15.3. The molecule has 1 heterocycles. The lowest BCUT2D eigenvalue weighted by Crippen LogP contribution is -2.52. The molecule has 2 N–H and O–H groups in total. The van der Waals surface area contributed by atoms with Crippen molar-refractivity contribution in [2.45, 2.75) is 76.9 Å². The first-order valence-corrected chi connectivity index (χ1v) is 8.12. The quantitative estimate of drug-likeness (QED) is 0.696. The van der Waals surface area contributed by atoms with Crippen LogP contribution in [0.2, 0.25) is 0 Å². The molecule has 0 saturated heterocycles. The van der Waals surface area contributed by atoms with Gasteiger partial charge in [0.25, 0.3) is 0 Å². The lowest BCUT2D eigenvalue weighted by molar-refractivity contribution is -0.145. The van der Waals surface area contributed by atoms with Gasteiger partial charge in [-0.05, 0) is 38.5 Å². The van der Waals surface area contributed by atoms with E-state index >= 15 is 0 Å². The van der Waals surface area contributed by atoms with Crippen LogP contribution in [0.15, 0.2) is 12.4 Å². The highest BCUT2D eigenvalue weighted by molar-refractivity contribution is 5.78. The molecule has 1 aliphatic rings. The maximum Gasteiger partial charge on any atom is 0.323 e. The van der Waals surface area contributed by atoms with Crippen LogP contribution in [-0.4, -0.2) is 32.2 Å². The van der Waals surface area contributed by atoms with Crippen molar-refractivity contribution in [3.63, 3.8) is 0 Å². The minimum atomic E-state index is -0.757. The fourth-order valence-electron chi connectivity index (χ4n) is 2.84. The van der Waals surface area contributed by atoms with Gasteiger partial charge in [0.1, 0.15) is 11.4 Å². The third kappa shape index (κ3) is 4.06. The van der Waals surface area contributed by atoms with Crippen molar-refractivity contribution in [1.29, 1.82) is 0 Å². The monoisotopic (exact) mass is 293 g/mol. The van der Waals surface area contributed by atoms with Crippen molar-refractivity contribution in [3.8, 4) is 0 Å². The smallest absolute Gasteiger partial charge is 0.323 e. The van der Waals surface area contributed by atoms with E-state index in [0.717, 1.165) is 44.5 Å². The molecule has 1 fully saturated rings. The normalized spacial score (nSPS) is 17.6. The molecule has 1 aromatic heterocycles. The number of rotatable bonds is 10. The van der Waals surface area contributed by atoms with Gasteiger partial charge in [-0.25, -0.2) is 4.98 Å². The number of imidazole rings is 1. The second-order valence-electron chi connectivity index (χ2n) is 6.05. The Bertz CT molecular complexity index is 468. The number of aromatic nitrogens is 2. The van der Waals surface area contributed by atoms with E-state index in [1.807, 2.05) is 19.3 Å². The van der Waals surface area contributed by atoms with Crippen molar-refractivity contribution in [1.82, 2.24) is 14.9 Å². The van der Waals surface area contributed by atoms with E-state index in [0.29, 0.717) is 18.9 Å². The van der Waals surface area contributed by atoms with Crippen molar-refractivity contribution in [3.05, 3.63) is 18.2 Å². The summed E-state index contributed by atoms with van der Waals surface area (Å²) in [5, 5.41) is 13.0. The molecule has 0 amide bonds. The molecule has 118 valence electrons. The zero-order valence-corrected chi connectivity index (χ0v) is 13.1. The molecule has 5 nitrogen and oxygen atoms in total. The molecular weight excluding hydrogens is 266 g/mol. The first kappa shape index (κ1) is 16.0. The molecule has 0 radical (unpaired) electrons. The topological polar surface area (TPSA) is 67.2 Å². The second-order valence-corrected chi connectivity index (χ2v) is 6.05. The summed E-state index contributed by atoms with van der Waals surface area (Å²) in [5.41, 5.74) is -0.757. The van der Waals surface area contributed by atoms with Crippen LogP contribution in [-0.2, 0) is 17.8 Å². The van der Waals surface area contributed by atoms with Crippen LogP contribution >= 0.6 is 0 Å². The number of carboxylic acids is 1. The lowest BCUT2D eigenvalue weighted by atomic mass is 9.90. The summed E-state index contributed by atoms with van der Waals surface area (Å²) in [5.74, 6) is 0.390. The van der Waals surface area contributed by atoms with Crippen molar-refractivity contribution >= 4 is 5.97 Å². The number of carbonyl (C=O) groups is 1. The fourth-order valence-corrected chi connectivity index (χ4v) is 2.84. The molecule has 1 unspecified atom stereocenters. The van der Waals surface area contributed by atoms with Crippen LogP contribution in [0.4, 0.5) is 0 Å². The summed E-state index contributed by atoms with van der Waals surface area (Å²) in [4.78, 5) is 16.1. The minimum Gasteiger partial charge on any atom is -0.480 e. The van der Waals surface area contributed by atoms with E-state index in [9.17, 15) is 9.90 Å². The van der Waals surface area contributed by atoms with Gasteiger partial charge in [-0.3, -0.25) is 10.1 Å². The van der Waals surface area contributed by atoms with Crippen LogP contribution in [0, 0.1) is 0 Å². The van der Waals surface area contributed by atoms with Crippen LogP contribution in [0.25, 0.3) is 0 Å². The van der Waals surface area contributed by atoms with Gasteiger partial charge in [-0.15, -0.1) is 0 Å². The molecule has 0 bridgehead atoms. The summed E-state index contributed by atoms with van der Waals surface area (Å²) in [6.45, 7) is 4.95. The standard InChI is InChI=1S/C16H27N3O2/c1-3-6-14-17-10-12-19(14)11-5-9-16(4-2,15(20)21)18-13-7-8-13/h10,12-13,18H,3-9,11H2,1-2H3,(H,20,21). The van der Waals surface area contributed by atoms with Gasteiger partial charge in [-0.1, -0.05) is 13.8 Å². The number of hydrogen-bond donors (Lipinski definition) is 2. The van der Waals surface area contributed by atoms with E-state index in [1.54, 1.807) is 0 Å². The summed E-state index contributed by atoms with van der Waals surface area (Å²) in [6, 6.07) is 0.407. The van der Waals surface area contributed by atoms with E-state index in [4.69, 9.17) is 0 Å². The SMILES string of the molecule is CCCc1nccn1CCCC(CC)(NC1CC1)C(=O)O. The van der Waals surface area contributed by atoms with Gasteiger partial charge < -0.3 is 9.67 Å². The van der Waals surface area contributed by atoms with Crippen LogP contribution in [0.5, 0.6) is 0 Å². The average Bonchev–Trinajstić information content (AvgIpc) is 3.17. The summed E-state index contributed by atoms with van der Waals surface area (Å²) in [6.07, 6.45) is 10.2. The van der Waals surface area contributed by atoms with E-state index in [2.05, 4.69) is 21.8 Å². The maximum atomic E-state index is 11.7. The molecule has 1 aliphatic carbocycles. The zero-order valence-electron chi connectivity index (χ0n) is 13.1. The van der Waals surface area contributed by atoms with Gasteiger partial charge in [-0.2, -0.15) is 0 Å². The van der Waals surface area contributed by atoms with Crippen molar-refractivity contribution < 1.29 is 9.90 Å². The molecule has 5 heteroatoms. The van der Waals surface area contributed by atoms with E-state index in [1.165, 1.54) is 0 Å². The van der Waals surface area contributed by atoms with Gasteiger partial charge in [0.15, 0.2) is 0 Å². The third-order valence-corrected chi connectivity index (χ3v) is 4.35. The van der Waals surface area contributed by atoms with Gasteiger partial charge >= 0.3 is 5.97 Å². The number of carboxylic acid groups (broad SMARTS) is 1. The molecule has 1 aromatic rings. The molecule has 0 aromatic carbocycles. The number of hydrogen-bond acceptors (Lipinski definition) is 3. The Morgan fingerprint density at radius 2 is 2.29 bits per heavy atom. The molecule has 1 saturated carbocycles. The molecule has 21 heavy (non-hydrogen) atoms. The first-order valence-electron chi connectivity index (χ1n) is 8.12. The Hall–Kier alpha value is -1.36. The van der Waals surface area contributed by atoms with Gasteiger partial charge in [0, 0.05) is 31.4 Å². The average molecular weight is 293 g/mol. The highest BCUT2D eigenvalue weighted by atomic mass is 16.4. The Morgan fingerprint density at radius 1 is 1.52 bits per heavy atom. The van der Waals surface area contributed by atoms with Crippen LogP contribution in [0.3, 0.4) is 0 Å². The van der Waals surface area contributed by atoms with Crippen LogP contribution in [0.1, 0.15) is 58.2 Å². The summed E-state index contributed by atoms with van der Waals surface area (Å²) < 4.78 is 2.16. The van der Waals surface area contributed by atoms with Crippen molar-refractivity contribution in [2.75, 3.05) is 0 Å². The lowest BCUT2D eigenvalue weighted by Gasteiger charge is -2.30. The van der Waals surface area contributed by atoms with E-state index < -0.39 is 11.5 Å². The van der Waals surface area contributed by atoms with Gasteiger partial charge in [0.2, 0.25) is 0 Å². The largest absolute Gasteiger partial charge is 0.480 e. The van der Waals surface area contributed by atoms with Crippen molar-refractivity contribution in [2.24, 2.45) is 0 Å². The van der Waals surface area contributed by atoms with Crippen LogP contribution < -0.4 is 5.32 Å². The highest BCUT2D eigenvalue weighted by Crippen LogP contribution is 2.27. The highest BCUT2D eigenvalue weighted by Gasteiger charge is 2.40. The first-order chi connectivity index (χ1) is 10.1. The summed E-state index contributed by atoms with van der Waals surface area (Å²) >= 11 is 0. The number of aliphatic carboxylic acids is 1.